The van der Waals surface area contributed by atoms with Gasteiger partial charge in [0.15, 0.2) is 12.2 Å². The first-order chi connectivity index (χ1) is 20.9. The summed E-state index contributed by atoms with van der Waals surface area (Å²) in [5.41, 5.74) is 3.83. The van der Waals surface area contributed by atoms with E-state index in [1.807, 2.05) is 36.9 Å². The van der Waals surface area contributed by atoms with Crippen molar-refractivity contribution in [1.29, 1.82) is 0 Å². The molecule has 2 fully saturated rings. The van der Waals surface area contributed by atoms with Crippen LogP contribution >= 0.6 is 0 Å². The number of amides is 2. The summed E-state index contributed by atoms with van der Waals surface area (Å²) in [4.78, 5) is 32.5. The van der Waals surface area contributed by atoms with Crippen LogP contribution in [0.15, 0.2) is 47.2 Å². The smallest absolute Gasteiger partial charge is 0.255 e. The minimum absolute atomic E-state index is 0.0624. The molecule has 4 heterocycles. The van der Waals surface area contributed by atoms with E-state index in [0.717, 1.165) is 35.4 Å². The molecule has 2 amide bonds. The van der Waals surface area contributed by atoms with Crippen LogP contribution in [0.4, 0.5) is 0 Å². The van der Waals surface area contributed by atoms with Crippen LogP contribution in [0.2, 0.25) is 0 Å². The Labute approximate surface area is 250 Å². The van der Waals surface area contributed by atoms with Crippen LogP contribution in [0.25, 0.3) is 0 Å². The number of hydrogen-bond acceptors (Lipinski definition) is 9. The number of oxazole rings is 1. The Morgan fingerprint density at radius 2 is 1.95 bits per heavy atom. The Kier molecular flexibility index (Phi) is 8.64. The molecule has 3 aliphatic heterocycles. The van der Waals surface area contributed by atoms with Gasteiger partial charge in [-0.05, 0) is 74.6 Å². The molecule has 6 rings (SSSR count). The molecule has 0 spiro atoms. The number of carbonyl (C=O) groups excluding carboxylic acids is 2. The largest absolute Gasteiger partial charge is 0.493 e. The van der Waals surface area contributed by atoms with E-state index < -0.39 is 6.10 Å². The number of benzene rings is 2. The summed E-state index contributed by atoms with van der Waals surface area (Å²) in [5, 5.41) is 17.2. The van der Waals surface area contributed by atoms with Crippen molar-refractivity contribution in [2.45, 2.75) is 70.5 Å². The number of aliphatic hydroxyl groups is 1. The maximum Gasteiger partial charge on any atom is 0.255 e. The molecule has 3 aliphatic rings. The molecule has 0 saturated carbocycles. The highest BCUT2D eigenvalue weighted by atomic mass is 16.5. The monoisotopic (exact) mass is 590 g/mol. The zero-order valence-corrected chi connectivity index (χ0v) is 24.5. The van der Waals surface area contributed by atoms with E-state index in [1.165, 1.54) is 6.39 Å². The van der Waals surface area contributed by atoms with Gasteiger partial charge in [0.05, 0.1) is 49.3 Å². The summed E-state index contributed by atoms with van der Waals surface area (Å²) in [5.74, 6) is 1.35. The molecule has 11 nitrogen and oxygen atoms in total. The third-order valence-corrected chi connectivity index (χ3v) is 8.57. The van der Waals surface area contributed by atoms with Crippen molar-refractivity contribution in [1.82, 2.24) is 20.5 Å². The van der Waals surface area contributed by atoms with Crippen LogP contribution in [0, 0.1) is 6.92 Å². The molecule has 3 N–H and O–H groups in total. The number of nitrogens with one attached hydrogen (secondary N) is 2. The SMILES string of the molecule is CCOc1cc(C(=O)N2C3CCC2COC3)ccc1C(=O)NC[C@@H](O)[C@@H]1Cc2ccc(OCc3ocnc3C)cc2CN1. The number of aliphatic hydroxyl groups excluding tert-OH is 1. The molecule has 11 heteroatoms. The second-order valence-electron chi connectivity index (χ2n) is 11.3. The fraction of sp³-hybridized carbons (Fsp3) is 0.469. The van der Waals surface area contributed by atoms with E-state index >= 15 is 0 Å². The maximum absolute atomic E-state index is 13.3. The topological polar surface area (TPSA) is 135 Å². The van der Waals surface area contributed by atoms with Crippen molar-refractivity contribution < 1.29 is 33.3 Å². The summed E-state index contributed by atoms with van der Waals surface area (Å²) in [6, 6.07) is 10.8. The molecule has 2 saturated heterocycles. The van der Waals surface area contributed by atoms with Gasteiger partial charge in [-0.3, -0.25) is 9.59 Å². The Morgan fingerprint density at radius 1 is 1.14 bits per heavy atom. The Morgan fingerprint density at radius 3 is 2.70 bits per heavy atom. The van der Waals surface area contributed by atoms with E-state index in [4.69, 9.17) is 18.6 Å². The zero-order valence-electron chi connectivity index (χ0n) is 24.5. The summed E-state index contributed by atoms with van der Waals surface area (Å²) < 4.78 is 22.6. The van der Waals surface area contributed by atoms with Gasteiger partial charge in [-0.2, -0.15) is 0 Å². The molecule has 3 aromatic rings. The van der Waals surface area contributed by atoms with Crippen LogP contribution in [-0.4, -0.2) is 77.4 Å². The van der Waals surface area contributed by atoms with Crippen molar-refractivity contribution >= 4 is 11.8 Å². The van der Waals surface area contributed by atoms with E-state index in [0.29, 0.717) is 62.0 Å². The van der Waals surface area contributed by atoms with Gasteiger partial charge < -0.3 is 39.3 Å². The molecule has 4 atom stereocenters. The third kappa shape index (κ3) is 6.24. The number of hydrogen-bond donors (Lipinski definition) is 3. The van der Waals surface area contributed by atoms with Gasteiger partial charge in [0.1, 0.15) is 18.1 Å². The first kappa shape index (κ1) is 29.2. The summed E-state index contributed by atoms with van der Waals surface area (Å²) >= 11 is 0. The van der Waals surface area contributed by atoms with E-state index in [9.17, 15) is 14.7 Å². The first-order valence-electron chi connectivity index (χ1n) is 14.9. The highest BCUT2D eigenvalue weighted by Crippen LogP contribution is 2.32. The van der Waals surface area contributed by atoms with E-state index in [1.54, 1.807) is 18.2 Å². The van der Waals surface area contributed by atoms with Crippen LogP contribution in [0.5, 0.6) is 11.5 Å². The van der Waals surface area contributed by atoms with E-state index in [2.05, 4.69) is 15.6 Å². The highest BCUT2D eigenvalue weighted by molar-refractivity contribution is 6.00. The van der Waals surface area contributed by atoms with Gasteiger partial charge in [0, 0.05) is 24.7 Å². The van der Waals surface area contributed by atoms with Gasteiger partial charge in [-0.25, -0.2) is 4.98 Å². The fourth-order valence-corrected chi connectivity index (χ4v) is 6.15. The van der Waals surface area contributed by atoms with Crippen LogP contribution in [0.3, 0.4) is 0 Å². The second-order valence-corrected chi connectivity index (χ2v) is 11.3. The molecule has 1 aromatic heterocycles. The average molecular weight is 591 g/mol. The minimum atomic E-state index is -0.810. The van der Waals surface area contributed by atoms with Gasteiger partial charge in [-0.1, -0.05) is 6.07 Å². The number of morpholine rings is 1. The standard InChI is InChI=1S/C32H38N4O7/c1-3-41-29-12-21(32(39)36-23-6-7-24(36)16-40-15-23)5-9-26(29)31(38)34-14-28(37)27-11-20-4-8-25(10-22(20)13-33-27)42-17-30-19(2)35-18-43-30/h4-5,8-10,12,18,23-24,27-28,33,37H,3,6-7,11,13-17H2,1-2H3,(H,34,38)/t23?,24?,27-,28+/m0/s1. The Balaban J connectivity index is 1.05. The predicted octanol–water partition coefficient (Wildman–Crippen LogP) is 2.77. The number of rotatable bonds is 10. The number of carbonyl (C=O) groups is 2. The van der Waals surface area contributed by atoms with Crippen molar-refractivity contribution in [2.75, 3.05) is 26.4 Å². The lowest BCUT2D eigenvalue weighted by Gasteiger charge is -2.34. The molecule has 228 valence electrons. The molecule has 0 aliphatic carbocycles. The second kappa shape index (κ2) is 12.7. The predicted molar refractivity (Wildman–Crippen MR) is 156 cm³/mol. The lowest BCUT2D eigenvalue weighted by Crippen LogP contribution is -2.49. The number of nitrogens with zero attached hydrogens (tertiary/aromatic N) is 2. The van der Waals surface area contributed by atoms with Gasteiger partial charge >= 0.3 is 0 Å². The lowest BCUT2D eigenvalue weighted by atomic mass is 9.92. The minimum Gasteiger partial charge on any atom is -0.493 e. The third-order valence-electron chi connectivity index (χ3n) is 8.57. The number of ether oxygens (including phenoxy) is 3. The molecule has 43 heavy (non-hydrogen) atoms. The van der Waals surface area contributed by atoms with Gasteiger partial charge in [-0.15, -0.1) is 0 Å². The number of fused-ring (bicyclic) bond motifs is 3. The maximum atomic E-state index is 13.3. The molecule has 0 radical (unpaired) electrons. The van der Waals surface area contributed by atoms with Crippen molar-refractivity contribution in [3.8, 4) is 11.5 Å². The van der Waals surface area contributed by atoms with Gasteiger partial charge in [0.25, 0.3) is 11.8 Å². The highest BCUT2D eigenvalue weighted by Gasteiger charge is 2.40. The Hall–Kier alpha value is -3.93. The average Bonchev–Trinajstić information content (AvgIpc) is 3.55. The van der Waals surface area contributed by atoms with Crippen molar-refractivity contribution in [3.05, 3.63) is 76.5 Å². The first-order valence-corrected chi connectivity index (χ1v) is 14.9. The van der Waals surface area contributed by atoms with Crippen molar-refractivity contribution in [3.63, 3.8) is 0 Å². The van der Waals surface area contributed by atoms with Crippen LogP contribution < -0.4 is 20.1 Å². The lowest BCUT2D eigenvalue weighted by molar-refractivity contribution is -0.00717. The van der Waals surface area contributed by atoms with E-state index in [-0.39, 0.29) is 36.5 Å². The zero-order chi connectivity index (χ0) is 29.9. The summed E-state index contributed by atoms with van der Waals surface area (Å²) in [6.45, 7) is 6.11. The molecular weight excluding hydrogens is 552 g/mol. The van der Waals surface area contributed by atoms with Gasteiger partial charge in [0.2, 0.25) is 0 Å². The quantitative estimate of drug-likeness (QED) is 0.326. The fourth-order valence-electron chi connectivity index (χ4n) is 6.15. The Bertz CT molecular complexity index is 1460. The van der Waals surface area contributed by atoms with Crippen molar-refractivity contribution in [2.24, 2.45) is 0 Å². The van der Waals surface area contributed by atoms with Crippen LogP contribution in [0.1, 0.15) is 63.1 Å². The molecular formula is C32H38N4O7. The number of aryl methyl sites for hydroxylation is 1. The summed E-state index contributed by atoms with van der Waals surface area (Å²) in [7, 11) is 0. The summed E-state index contributed by atoms with van der Waals surface area (Å²) in [6.07, 6.45) is 3.09. The normalized spacial score (nSPS) is 21.7. The molecule has 2 unspecified atom stereocenters. The number of aromatic nitrogens is 1. The van der Waals surface area contributed by atoms with Crippen LogP contribution in [-0.2, 0) is 24.3 Å². The molecule has 2 aromatic carbocycles. The molecule has 2 bridgehead atoms.